The number of esters is 1. The molecule has 0 aromatic carbocycles. The van der Waals surface area contributed by atoms with Gasteiger partial charge in [-0.15, -0.1) is 23.7 Å². The van der Waals surface area contributed by atoms with Crippen LogP contribution in [0.25, 0.3) is 0 Å². The summed E-state index contributed by atoms with van der Waals surface area (Å²) in [7, 11) is 0. The summed E-state index contributed by atoms with van der Waals surface area (Å²) in [6.45, 7) is 1.76. The van der Waals surface area contributed by atoms with Crippen molar-refractivity contribution in [3.05, 3.63) is 19.2 Å². The van der Waals surface area contributed by atoms with Crippen molar-refractivity contribution in [1.29, 1.82) is 0 Å². The maximum absolute atomic E-state index is 13.6. The maximum Gasteiger partial charge on any atom is 0.342 e. The average molecular weight is 412 g/mol. The van der Waals surface area contributed by atoms with Crippen molar-refractivity contribution in [2.75, 3.05) is 6.61 Å². The van der Waals surface area contributed by atoms with Gasteiger partial charge in [0.25, 0.3) is 0 Å². The summed E-state index contributed by atoms with van der Waals surface area (Å²) in [6.07, 6.45) is -1.84. The van der Waals surface area contributed by atoms with Crippen LogP contribution in [0.4, 0.5) is 4.39 Å². The summed E-state index contributed by atoms with van der Waals surface area (Å²) in [5, 5.41) is 0. The number of alkyl halides is 1. The van der Waals surface area contributed by atoms with Crippen molar-refractivity contribution in [2.24, 2.45) is 5.73 Å². The van der Waals surface area contributed by atoms with Crippen LogP contribution in [-0.2, 0) is 9.53 Å². The van der Waals surface area contributed by atoms with Crippen molar-refractivity contribution in [3.8, 4) is 0 Å². The first-order chi connectivity index (χ1) is 7.47. The highest BCUT2D eigenvalue weighted by Crippen LogP contribution is 2.36. The number of rotatable bonds is 4. The summed E-state index contributed by atoms with van der Waals surface area (Å²) in [6, 6.07) is 0.692. The van der Waals surface area contributed by atoms with Crippen LogP contribution in [0.2, 0.25) is 0 Å². The maximum atomic E-state index is 13.6. The van der Waals surface area contributed by atoms with Crippen LogP contribution in [-0.4, -0.2) is 18.7 Å². The molecule has 0 aliphatic carbocycles. The number of hydrogen-bond acceptors (Lipinski definition) is 4. The molecule has 1 unspecified atom stereocenters. The molecule has 0 spiro atoms. The van der Waals surface area contributed by atoms with Gasteiger partial charge in [-0.25, -0.2) is 9.18 Å². The summed E-state index contributed by atoms with van der Waals surface area (Å²) in [4.78, 5) is 11.7. The quantitative estimate of drug-likeness (QED) is 0.771. The van der Waals surface area contributed by atoms with Crippen LogP contribution in [0, 0.1) is 0 Å². The van der Waals surface area contributed by atoms with E-state index in [2.05, 4.69) is 36.6 Å². The third-order valence-corrected chi connectivity index (χ3v) is 5.18. The molecule has 1 heterocycles. The number of nitrogens with two attached hydrogens (primary N) is 1. The fourth-order valence-electron chi connectivity index (χ4n) is 1.04. The van der Waals surface area contributed by atoms with E-state index in [1.165, 1.54) is 11.3 Å². The van der Waals surface area contributed by atoms with Gasteiger partial charge in [0.1, 0.15) is 0 Å². The van der Waals surface area contributed by atoms with Gasteiger partial charge in [-0.1, -0.05) is 0 Å². The van der Waals surface area contributed by atoms with E-state index in [4.69, 9.17) is 5.73 Å². The highest BCUT2D eigenvalue weighted by Gasteiger charge is 2.29. The van der Waals surface area contributed by atoms with Gasteiger partial charge < -0.3 is 10.5 Å². The van der Waals surface area contributed by atoms with Crippen molar-refractivity contribution in [2.45, 2.75) is 19.1 Å². The molecule has 0 aliphatic rings. The predicted molar refractivity (Wildman–Crippen MR) is 75.4 cm³/mol. The molecule has 98 valence electrons. The Kier molecular flexibility index (Phi) is 7.82. The lowest BCUT2D eigenvalue weighted by Crippen LogP contribution is -2.30. The van der Waals surface area contributed by atoms with E-state index in [0.29, 0.717) is 4.88 Å². The van der Waals surface area contributed by atoms with E-state index in [1.807, 2.05) is 0 Å². The molecule has 0 amide bonds. The summed E-state index contributed by atoms with van der Waals surface area (Å²) >= 11 is 7.83. The van der Waals surface area contributed by atoms with E-state index in [-0.39, 0.29) is 19.0 Å². The third kappa shape index (κ3) is 4.48. The SMILES string of the molecule is CCOC(=O)C(F)[C@H](N)c1cc(Br)c(Br)s1.Cl. The van der Waals surface area contributed by atoms with Crippen LogP contribution < -0.4 is 5.73 Å². The highest BCUT2D eigenvalue weighted by molar-refractivity contribution is 9.13. The largest absolute Gasteiger partial charge is 0.464 e. The van der Waals surface area contributed by atoms with Crippen LogP contribution in [0.15, 0.2) is 14.3 Å². The predicted octanol–water partition coefficient (Wildman–Crippen LogP) is 3.60. The molecule has 0 fully saturated rings. The molecule has 1 aromatic rings. The number of carbonyl (C=O) groups is 1. The van der Waals surface area contributed by atoms with Crippen LogP contribution in [0.3, 0.4) is 0 Å². The normalized spacial score (nSPS) is 13.7. The summed E-state index contributed by atoms with van der Waals surface area (Å²) in [5.74, 6) is -0.921. The Balaban J connectivity index is 0.00000256. The van der Waals surface area contributed by atoms with Crippen LogP contribution in [0.5, 0.6) is 0 Å². The smallest absolute Gasteiger partial charge is 0.342 e. The van der Waals surface area contributed by atoms with Crippen molar-refractivity contribution < 1.29 is 13.9 Å². The Morgan fingerprint density at radius 2 is 2.24 bits per heavy atom. The monoisotopic (exact) mass is 409 g/mol. The van der Waals surface area contributed by atoms with Gasteiger partial charge in [0.15, 0.2) is 0 Å². The molecule has 3 nitrogen and oxygen atoms in total. The van der Waals surface area contributed by atoms with Gasteiger partial charge in [0, 0.05) is 9.35 Å². The topological polar surface area (TPSA) is 52.3 Å². The van der Waals surface area contributed by atoms with E-state index < -0.39 is 18.2 Å². The van der Waals surface area contributed by atoms with Crippen LogP contribution in [0.1, 0.15) is 17.8 Å². The first-order valence-electron chi connectivity index (χ1n) is 4.48. The standard InChI is InChI=1S/C9H10Br2FNO2S.ClH/c1-2-15-9(14)6(12)7(13)5-3-4(10)8(11)16-5;/h3,6-7H,2,13H2,1H3;1H/t6?,7-;/m1./s1. The molecule has 2 N–H and O–H groups in total. The Hall–Kier alpha value is 0.310. The number of thiophene rings is 1. The van der Waals surface area contributed by atoms with Gasteiger partial charge in [-0.05, 0) is 44.8 Å². The molecule has 1 aromatic heterocycles. The number of halogens is 4. The Morgan fingerprint density at radius 1 is 1.65 bits per heavy atom. The van der Waals surface area contributed by atoms with Gasteiger partial charge in [0.05, 0.1) is 16.4 Å². The molecule has 8 heteroatoms. The minimum atomic E-state index is -1.84. The van der Waals surface area contributed by atoms with Gasteiger partial charge in [-0.3, -0.25) is 0 Å². The second-order valence-corrected chi connectivity index (χ2v) is 6.21. The second kappa shape index (κ2) is 7.68. The summed E-state index contributed by atoms with van der Waals surface area (Å²) < 4.78 is 19.8. The van der Waals surface area contributed by atoms with E-state index in [0.717, 1.165) is 8.26 Å². The lowest BCUT2D eigenvalue weighted by molar-refractivity contribution is -0.149. The van der Waals surface area contributed by atoms with Crippen molar-refractivity contribution >= 4 is 61.6 Å². The Labute approximate surface area is 126 Å². The zero-order valence-corrected chi connectivity index (χ0v) is 13.6. The lowest BCUT2D eigenvalue weighted by Gasteiger charge is -2.13. The van der Waals surface area contributed by atoms with E-state index in [1.54, 1.807) is 13.0 Å². The molecule has 0 radical (unpaired) electrons. The van der Waals surface area contributed by atoms with E-state index in [9.17, 15) is 9.18 Å². The second-order valence-electron chi connectivity index (χ2n) is 2.95. The number of ether oxygens (including phenoxy) is 1. The minimum Gasteiger partial charge on any atom is -0.464 e. The molecule has 0 bridgehead atoms. The van der Waals surface area contributed by atoms with Crippen molar-refractivity contribution in [3.63, 3.8) is 0 Å². The molecule has 1 rings (SSSR count). The molecule has 2 atom stereocenters. The summed E-state index contributed by atoms with van der Waals surface area (Å²) in [5.41, 5.74) is 5.64. The van der Waals surface area contributed by atoms with Gasteiger partial charge in [0.2, 0.25) is 6.17 Å². The molecule has 0 saturated carbocycles. The average Bonchev–Trinajstić information content (AvgIpc) is 2.57. The van der Waals surface area contributed by atoms with E-state index >= 15 is 0 Å². The zero-order chi connectivity index (χ0) is 12.3. The zero-order valence-electron chi connectivity index (χ0n) is 8.78. The third-order valence-electron chi connectivity index (χ3n) is 1.82. The molecule has 17 heavy (non-hydrogen) atoms. The first-order valence-corrected chi connectivity index (χ1v) is 6.88. The molecular weight excluding hydrogens is 400 g/mol. The van der Waals surface area contributed by atoms with Crippen LogP contribution >= 0.6 is 55.6 Å². The fraction of sp³-hybridized carbons (Fsp3) is 0.444. The molecular formula is C9H11Br2ClFNO2S. The highest BCUT2D eigenvalue weighted by atomic mass is 79.9. The lowest BCUT2D eigenvalue weighted by atomic mass is 10.1. The molecule has 0 aliphatic heterocycles. The van der Waals surface area contributed by atoms with Crippen molar-refractivity contribution in [1.82, 2.24) is 0 Å². The fourth-order valence-corrected chi connectivity index (χ4v) is 3.15. The number of hydrogen-bond donors (Lipinski definition) is 1. The Morgan fingerprint density at radius 3 is 2.65 bits per heavy atom. The minimum absolute atomic E-state index is 0. The van der Waals surface area contributed by atoms with Gasteiger partial charge >= 0.3 is 5.97 Å². The number of carbonyl (C=O) groups excluding carboxylic acids is 1. The first kappa shape index (κ1) is 17.3. The Bertz CT molecular complexity index is 372. The molecule has 0 saturated heterocycles. The van der Waals surface area contributed by atoms with Gasteiger partial charge in [-0.2, -0.15) is 0 Å².